The van der Waals surface area contributed by atoms with Gasteiger partial charge in [-0.25, -0.2) is 23.9 Å². The van der Waals surface area contributed by atoms with Gasteiger partial charge in [0.15, 0.2) is 17.7 Å². The maximum absolute atomic E-state index is 14.2. The fourth-order valence-corrected chi connectivity index (χ4v) is 2.85. The van der Waals surface area contributed by atoms with Crippen molar-refractivity contribution >= 4 is 36.0 Å². The average molecular weight is 349 g/mol. The summed E-state index contributed by atoms with van der Waals surface area (Å²) in [6.45, 7) is -4.17. The Bertz CT molecular complexity index is 739. The van der Waals surface area contributed by atoms with Gasteiger partial charge in [0.25, 0.3) is 0 Å². The molecule has 120 valence electrons. The van der Waals surface area contributed by atoms with Crippen molar-refractivity contribution in [2.45, 2.75) is 24.9 Å². The molecule has 1 aliphatic heterocycles. The molecule has 1 fully saturated rings. The number of nitrogens with zero attached hydrogens (tertiary/aromatic N) is 4. The number of aromatic nitrogens is 4. The van der Waals surface area contributed by atoms with Gasteiger partial charge in [-0.2, -0.15) is 0 Å². The fraction of sp³-hybridized carbons (Fsp3) is 0.500. The smallest absolute Gasteiger partial charge is 0.382 e. The number of anilines is 1. The normalized spacial score (nSPS) is 28.0. The zero-order valence-electron chi connectivity index (χ0n) is 11.1. The van der Waals surface area contributed by atoms with E-state index >= 15 is 0 Å². The molecule has 0 aromatic carbocycles. The summed E-state index contributed by atoms with van der Waals surface area (Å²) in [6, 6.07) is 0. The molecule has 1 saturated heterocycles. The first kappa shape index (κ1) is 15.6. The quantitative estimate of drug-likeness (QED) is 0.553. The number of fused-ring (bicyclic) bond motifs is 1. The van der Waals surface area contributed by atoms with E-state index < -0.39 is 25.3 Å². The monoisotopic (exact) mass is 349 g/mol. The maximum atomic E-state index is 14.2. The first-order valence-corrected chi connectivity index (χ1v) is 9.01. The van der Waals surface area contributed by atoms with Gasteiger partial charge in [-0.1, -0.05) is 12.2 Å². The molecule has 0 saturated carbocycles. The van der Waals surface area contributed by atoms with Crippen LogP contribution < -0.4 is 5.73 Å². The second-order valence-corrected chi connectivity index (χ2v) is 7.53. The highest BCUT2D eigenvalue weighted by Gasteiger charge is 2.38. The first-order valence-electron chi connectivity index (χ1n) is 6.28. The number of nitrogens with two attached hydrogens (primary N) is 1. The zero-order chi connectivity index (χ0) is 15.9. The van der Waals surface area contributed by atoms with Gasteiger partial charge in [-0.3, -0.25) is 9.09 Å². The maximum Gasteiger partial charge on any atom is 0.383 e. The minimum Gasteiger partial charge on any atom is -0.382 e. The Balaban J connectivity index is 1.80. The Morgan fingerprint density at radius 3 is 3.09 bits per heavy atom. The van der Waals surface area contributed by atoms with E-state index in [0.717, 1.165) is 0 Å². The number of rotatable bonds is 4. The van der Waals surface area contributed by atoms with Crippen LogP contribution in [0.3, 0.4) is 0 Å². The van der Waals surface area contributed by atoms with Gasteiger partial charge in [-0.05, 0) is 0 Å². The lowest BCUT2D eigenvalue weighted by Gasteiger charge is -2.16. The number of ether oxygens (including phenoxy) is 1. The molecule has 9 nitrogen and oxygen atoms in total. The van der Waals surface area contributed by atoms with Crippen LogP contribution in [0.1, 0.15) is 12.6 Å². The lowest BCUT2D eigenvalue weighted by atomic mass is 10.2. The number of hydrogen-bond donors (Lipinski definition) is 3. The lowest BCUT2D eigenvalue weighted by molar-refractivity contribution is -0.0318. The van der Waals surface area contributed by atoms with Crippen molar-refractivity contribution < 1.29 is 23.1 Å². The molecule has 0 radical (unpaired) electrons. The van der Waals surface area contributed by atoms with Gasteiger partial charge >= 0.3 is 6.80 Å². The SMILES string of the molecule is Nc1ncnc2c1ncn2C1OC(COP(=O)(O)S)C[C@H]1F. The van der Waals surface area contributed by atoms with Crippen LogP contribution in [-0.2, 0) is 13.8 Å². The third-order valence-electron chi connectivity index (χ3n) is 3.22. The summed E-state index contributed by atoms with van der Waals surface area (Å²) in [4.78, 5) is 20.8. The summed E-state index contributed by atoms with van der Waals surface area (Å²) in [5.41, 5.74) is 6.38. The van der Waals surface area contributed by atoms with Gasteiger partial charge in [0.2, 0.25) is 0 Å². The van der Waals surface area contributed by atoms with Crippen LogP contribution in [0.5, 0.6) is 0 Å². The van der Waals surface area contributed by atoms with Crippen LogP contribution in [0, 0.1) is 0 Å². The number of halogens is 1. The summed E-state index contributed by atoms with van der Waals surface area (Å²) in [5, 5.41) is 0. The minimum atomic E-state index is -3.93. The number of thiol groups is 1. The molecule has 2 aromatic heterocycles. The molecule has 3 unspecified atom stereocenters. The highest BCUT2D eigenvalue weighted by molar-refractivity contribution is 8.44. The fourth-order valence-electron chi connectivity index (χ4n) is 2.29. The second kappa shape index (κ2) is 5.74. The Kier molecular flexibility index (Phi) is 4.08. The summed E-state index contributed by atoms with van der Waals surface area (Å²) in [6.07, 6.45) is -0.359. The average Bonchev–Trinajstić information content (AvgIpc) is 3.00. The Labute approximate surface area is 129 Å². The van der Waals surface area contributed by atoms with Crippen LogP contribution in [0.25, 0.3) is 11.2 Å². The number of hydrogen-bond acceptors (Lipinski definition) is 7. The van der Waals surface area contributed by atoms with Crippen molar-refractivity contribution in [3.63, 3.8) is 0 Å². The Morgan fingerprint density at radius 1 is 1.59 bits per heavy atom. The van der Waals surface area contributed by atoms with E-state index in [1.54, 1.807) is 0 Å². The largest absolute Gasteiger partial charge is 0.383 e. The van der Waals surface area contributed by atoms with Crippen molar-refractivity contribution in [1.82, 2.24) is 19.5 Å². The third kappa shape index (κ3) is 3.08. The molecule has 0 bridgehead atoms. The van der Waals surface area contributed by atoms with Gasteiger partial charge in [0, 0.05) is 6.42 Å². The summed E-state index contributed by atoms with van der Waals surface area (Å²) >= 11 is 3.39. The topological polar surface area (TPSA) is 125 Å². The molecular weight excluding hydrogens is 336 g/mol. The number of imidazole rings is 1. The molecule has 3 rings (SSSR count). The molecule has 3 N–H and O–H groups in total. The molecule has 1 aliphatic rings. The third-order valence-corrected chi connectivity index (χ3v) is 4.05. The Morgan fingerprint density at radius 2 is 2.36 bits per heavy atom. The van der Waals surface area contributed by atoms with Crippen molar-refractivity contribution in [1.29, 1.82) is 0 Å². The van der Waals surface area contributed by atoms with Crippen molar-refractivity contribution in [3.05, 3.63) is 12.7 Å². The molecule has 4 atom stereocenters. The molecule has 12 heteroatoms. The van der Waals surface area contributed by atoms with Crippen LogP contribution in [-0.4, -0.2) is 43.3 Å². The zero-order valence-corrected chi connectivity index (χ0v) is 12.9. The predicted molar refractivity (Wildman–Crippen MR) is 77.9 cm³/mol. The van der Waals surface area contributed by atoms with E-state index in [-0.39, 0.29) is 18.8 Å². The first-order chi connectivity index (χ1) is 10.3. The van der Waals surface area contributed by atoms with E-state index in [0.29, 0.717) is 11.2 Å². The minimum absolute atomic E-state index is 0.0126. The summed E-state index contributed by atoms with van der Waals surface area (Å²) < 4.78 is 36.8. The molecule has 0 amide bonds. The predicted octanol–water partition coefficient (Wildman–Crippen LogP) is 1.08. The highest BCUT2D eigenvalue weighted by Crippen LogP contribution is 2.47. The van der Waals surface area contributed by atoms with E-state index in [1.165, 1.54) is 17.2 Å². The van der Waals surface area contributed by atoms with Crippen molar-refractivity contribution in [2.75, 3.05) is 12.3 Å². The second-order valence-electron chi connectivity index (χ2n) is 4.77. The van der Waals surface area contributed by atoms with Gasteiger partial charge in [0.1, 0.15) is 18.0 Å². The van der Waals surface area contributed by atoms with E-state index in [4.69, 9.17) is 15.4 Å². The molecule has 2 aromatic rings. The summed E-state index contributed by atoms with van der Waals surface area (Å²) in [5.74, 6) is 0.188. The van der Waals surface area contributed by atoms with Crippen molar-refractivity contribution in [2.24, 2.45) is 0 Å². The standard InChI is InChI=1S/C10H13FN5O4PS/c11-6-1-5(2-19-21(17,18)22)20-10(6)16-4-15-7-8(12)13-3-14-9(7)16/h3-6,10H,1-2H2,(H2,12,13,14)(H2,17,18,22)/t5?,6-,10?/m1/s1. The molecule has 3 heterocycles. The highest BCUT2D eigenvalue weighted by atomic mass is 32.7. The molecular formula is C10H13FN5O4PS. The van der Waals surface area contributed by atoms with Crippen LogP contribution >= 0.6 is 19.0 Å². The Hall–Kier alpha value is -1.26. The van der Waals surface area contributed by atoms with E-state index in [2.05, 4.69) is 31.7 Å². The van der Waals surface area contributed by atoms with Gasteiger partial charge < -0.3 is 15.4 Å². The van der Waals surface area contributed by atoms with Crippen molar-refractivity contribution in [3.8, 4) is 0 Å². The van der Waals surface area contributed by atoms with E-state index in [9.17, 15) is 8.96 Å². The number of nitrogen functional groups attached to an aromatic ring is 1. The molecule has 0 aliphatic carbocycles. The van der Waals surface area contributed by atoms with Gasteiger partial charge in [-0.15, -0.1) is 0 Å². The number of alkyl halides is 1. The van der Waals surface area contributed by atoms with Crippen LogP contribution in [0.4, 0.5) is 10.2 Å². The van der Waals surface area contributed by atoms with E-state index in [1.807, 2.05) is 0 Å². The van der Waals surface area contributed by atoms with Crippen LogP contribution in [0.2, 0.25) is 0 Å². The lowest BCUT2D eigenvalue weighted by Crippen LogP contribution is -2.17. The molecule has 22 heavy (non-hydrogen) atoms. The van der Waals surface area contributed by atoms with Gasteiger partial charge in [0.05, 0.1) is 19.0 Å². The molecule has 0 spiro atoms. The summed E-state index contributed by atoms with van der Waals surface area (Å²) in [7, 11) is 0. The van der Waals surface area contributed by atoms with Crippen LogP contribution in [0.15, 0.2) is 12.7 Å².